The molecular weight excluding hydrogens is 236 g/mol. The van der Waals surface area contributed by atoms with Crippen molar-refractivity contribution in [3.05, 3.63) is 0 Å². The van der Waals surface area contributed by atoms with Gasteiger partial charge >= 0.3 is 0 Å². The summed E-state index contributed by atoms with van der Waals surface area (Å²) in [5.41, 5.74) is 0.338. The van der Waals surface area contributed by atoms with Crippen LogP contribution in [0.15, 0.2) is 0 Å². The number of amides is 1. The molecule has 0 bridgehead atoms. The van der Waals surface area contributed by atoms with Crippen LogP contribution in [-0.2, 0) is 4.79 Å². The number of unbranched alkanes of at least 4 members (excludes halogenated alkanes) is 1. The molecule has 2 aliphatic rings. The SMILES string of the molecule is CCCCN1CCC2(CCN(C(C)C)CC2)CC1=O. The van der Waals surface area contributed by atoms with Crippen LogP contribution in [0.3, 0.4) is 0 Å². The van der Waals surface area contributed by atoms with E-state index in [9.17, 15) is 4.79 Å². The molecule has 0 saturated carbocycles. The molecule has 0 radical (unpaired) electrons. The minimum absolute atomic E-state index is 0.338. The van der Waals surface area contributed by atoms with E-state index in [0.717, 1.165) is 25.9 Å². The smallest absolute Gasteiger partial charge is 0.223 e. The number of hydrogen-bond acceptors (Lipinski definition) is 2. The quantitative estimate of drug-likeness (QED) is 0.781. The summed E-state index contributed by atoms with van der Waals surface area (Å²) in [7, 11) is 0. The Labute approximate surface area is 118 Å². The Balaban J connectivity index is 1.86. The van der Waals surface area contributed by atoms with Gasteiger partial charge in [0.15, 0.2) is 0 Å². The highest BCUT2D eigenvalue weighted by molar-refractivity contribution is 5.77. The van der Waals surface area contributed by atoms with Gasteiger partial charge in [-0.25, -0.2) is 0 Å². The number of piperidine rings is 2. The Kier molecular flexibility index (Phi) is 4.88. The van der Waals surface area contributed by atoms with Crippen molar-refractivity contribution in [2.75, 3.05) is 26.2 Å². The molecule has 0 aromatic heterocycles. The monoisotopic (exact) mass is 266 g/mol. The average Bonchev–Trinajstić information content (AvgIpc) is 2.38. The Hall–Kier alpha value is -0.570. The molecule has 3 heteroatoms. The van der Waals surface area contributed by atoms with Crippen molar-refractivity contribution in [2.24, 2.45) is 5.41 Å². The van der Waals surface area contributed by atoms with Crippen LogP contribution in [-0.4, -0.2) is 47.9 Å². The largest absolute Gasteiger partial charge is 0.343 e. The van der Waals surface area contributed by atoms with Crippen LogP contribution in [0.1, 0.15) is 59.3 Å². The van der Waals surface area contributed by atoms with Gasteiger partial charge in [-0.15, -0.1) is 0 Å². The molecular formula is C16H30N2O. The van der Waals surface area contributed by atoms with Crippen molar-refractivity contribution >= 4 is 5.91 Å². The van der Waals surface area contributed by atoms with E-state index >= 15 is 0 Å². The summed E-state index contributed by atoms with van der Waals surface area (Å²) in [4.78, 5) is 17.0. The highest BCUT2D eigenvalue weighted by Crippen LogP contribution is 2.42. The molecule has 0 aliphatic carbocycles. The summed E-state index contributed by atoms with van der Waals surface area (Å²) < 4.78 is 0. The fraction of sp³-hybridized carbons (Fsp3) is 0.938. The van der Waals surface area contributed by atoms with E-state index in [-0.39, 0.29) is 0 Å². The van der Waals surface area contributed by atoms with Crippen molar-refractivity contribution in [3.8, 4) is 0 Å². The number of hydrogen-bond donors (Lipinski definition) is 0. The second-order valence-corrected chi connectivity index (χ2v) is 6.79. The van der Waals surface area contributed by atoms with Crippen molar-refractivity contribution in [2.45, 2.75) is 65.3 Å². The van der Waals surface area contributed by atoms with E-state index in [4.69, 9.17) is 0 Å². The number of nitrogens with zero attached hydrogens (tertiary/aromatic N) is 2. The van der Waals surface area contributed by atoms with Gasteiger partial charge in [0.25, 0.3) is 0 Å². The van der Waals surface area contributed by atoms with Crippen LogP contribution in [0.25, 0.3) is 0 Å². The second kappa shape index (κ2) is 6.25. The Bertz CT molecular complexity index is 306. The number of rotatable bonds is 4. The van der Waals surface area contributed by atoms with Crippen LogP contribution in [0.2, 0.25) is 0 Å². The predicted molar refractivity (Wildman–Crippen MR) is 79.1 cm³/mol. The van der Waals surface area contributed by atoms with Gasteiger partial charge in [0.05, 0.1) is 0 Å². The average molecular weight is 266 g/mol. The zero-order chi connectivity index (χ0) is 13.9. The molecule has 2 aliphatic heterocycles. The van der Waals surface area contributed by atoms with Crippen LogP contribution >= 0.6 is 0 Å². The van der Waals surface area contributed by atoms with Crippen molar-refractivity contribution in [1.29, 1.82) is 0 Å². The maximum atomic E-state index is 12.3. The first-order chi connectivity index (χ1) is 9.06. The van der Waals surface area contributed by atoms with Crippen molar-refractivity contribution < 1.29 is 4.79 Å². The van der Waals surface area contributed by atoms with Gasteiger partial charge in [0.1, 0.15) is 0 Å². The molecule has 0 aromatic carbocycles. The van der Waals surface area contributed by atoms with E-state index in [2.05, 4.69) is 30.6 Å². The maximum Gasteiger partial charge on any atom is 0.223 e. The summed E-state index contributed by atoms with van der Waals surface area (Å²) in [6.45, 7) is 11.1. The third-order valence-electron chi connectivity index (χ3n) is 5.16. The Morgan fingerprint density at radius 3 is 2.32 bits per heavy atom. The van der Waals surface area contributed by atoms with Crippen LogP contribution < -0.4 is 0 Å². The first kappa shape index (κ1) is 14.8. The summed E-state index contributed by atoms with van der Waals surface area (Å²) in [6.07, 6.45) is 6.81. The lowest BCUT2D eigenvalue weighted by Crippen LogP contribution is -2.50. The molecule has 2 rings (SSSR count). The minimum atomic E-state index is 0.338. The molecule has 110 valence electrons. The number of carbonyl (C=O) groups is 1. The van der Waals surface area contributed by atoms with Gasteiger partial charge in [0.2, 0.25) is 5.91 Å². The lowest BCUT2D eigenvalue weighted by Gasteiger charge is -2.47. The zero-order valence-corrected chi connectivity index (χ0v) is 13.0. The third kappa shape index (κ3) is 3.50. The van der Waals surface area contributed by atoms with Gasteiger partial charge in [-0.05, 0) is 58.0 Å². The minimum Gasteiger partial charge on any atom is -0.343 e. The summed E-state index contributed by atoms with van der Waals surface area (Å²) >= 11 is 0. The van der Waals surface area contributed by atoms with Gasteiger partial charge in [-0.2, -0.15) is 0 Å². The summed E-state index contributed by atoms with van der Waals surface area (Å²) in [6, 6.07) is 0.651. The standard InChI is InChI=1S/C16H30N2O/c1-4-5-9-18-12-8-16(13-15(18)19)6-10-17(11-7-16)14(2)3/h14H,4-13H2,1-3H3. The molecule has 2 fully saturated rings. The molecule has 19 heavy (non-hydrogen) atoms. The molecule has 0 atom stereocenters. The normalized spacial score (nSPS) is 24.4. The van der Waals surface area contributed by atoms with Gasteiger partial charge in [0, 0.05) is 25.6 Å². The molecule has 2 saturated heterocycles. The lowest BCUT2D eigenvalue weighted by atomic mass is 9.70. The number of likely N-dealkylation sites (tertiary alicyclic amines) is 2. The molecule has 1 spiro atoms. The highest BCUT2D eigenvalue weighted by atomic mass is 16.2. The molecule has 0 unspecified atom stereocenters. The third-order valence-corrected chi connectivity index (χ3v) is 5.16. The Morgan fingerprint density at radius 1 is 1.16 bits per heavy atom. The Morgan fingerprint density at radius 2 is 1.79 bits per heavy atom. The first-order valence-corrected chi connectivity index (χ1v) is 8.08. The van der Waals surface area contributed by atoms with E-state index in [1.54, 1.807) is 0 Å². The van der Waals surface area contributed by atoms with Gasteiger partial charge in [-0.1, -0.05) is 13.3 Å². The second-order valence-electron chi connectivity index (χ2n) is 6.79. The van der Waals surface area contributed by atoms with E-state index in [1.807, 2.05) is 0 Å². The fourth-order valence-electron chi connectivity index (χ4n) is 3.54. The summed E-state index contributed by atoms with van der Waals surface area (Å²) in [5.74, 6) is 0.415. The van der Waals surface area contributed by atoms with Crippen LogP contribution in [0, 0.1) is 5.41 Å². The molecule has 0 aromatic rings. The highest BCUT2D eigenvalue weighted by Gasteiger charge is 2.41. The molecule has 3 nitrogen and oxygen atoms in total. The molecule has 1 amide bonds. The lowest BCUT2D eigenvalue weighted by molar-refractivity contribution is -0.140. The molecule has 0 N–H and O–H groups in total. The van der Waals surface area contributed by atoms with E-state index in [0.29, 0.717) is 17.4 Å². The molecule has 2 heterocycles. The summed E-state index contributed by atoms with van der Waals surface area (Å²) in [5, 5.41) is 0. The number of carbonyl (C=O) groups excluding carboxylic acids is 1. The van der Waals surface area contributed by atoms with E-state index in [1.165, 1.54) is 38.8 Å². The predicted octanol–water partition coefficient (Wildman–Crippen LogP) is 2.90. The van der Waals surface area contributed by atoms with Crippen molar-refractivity contribution in [1.82, 2.24) is 9.80 Å². The van der Waals surface area contributed by atoms with Crippen LogP contribution in [0.4, 0.5) is 0 Å². The van der Waals surface area contributed by atoms with Gasteiger partial charge < -0.3 is 9.80 Å². The van der Waals surface area contributed by atoms with Crippen molar-refractivity contribution in [3.63, 3.8) is 0 Å². The van der Waals surface area contributed by atoms with Gasteiger partial charge in [-0.3, -0.25) is 4.79 Å². The fourth-order valence-corrected chi connectivity index (χ4v) is 3.54. The van der Waals surface area contributed by atoms with Crippen LogP contribution in [0.5, 0.6) is 0 Å². The zero-order valence-electron chi connectivity index (χ0n) is 13.0. The topological polar surface area (TPSA) is 23.6 Å². The maximum absolute atomic E-state index is 12.3. The first-order valence-electron chi connectivity index (χ1n) is 8.08. The van der Waals surface area contributed by atoms with E-state index < -0.39 is 0 Å².